The first kappa shape index (κ1) is 11.5. The van der Waals surface area contributed by atoms with Crippen molar-refractivity contribution >= 4 is 5.84 Å². The van der Waals surface area contributed by atoms with Crippen molar-refractivity contribution in [1.29, 1.82) is 0 Å². The van der Waals surface area contributed by atoms with Gasteiger partial charge in [0.15, 0.2) is 0 Å². The third-order valence-electron chi connectivity index (χ3n) is 2.47. The Hall–Kier alpha value is -0.530. The van der Waals surface area contributed by atoms with Crippen molar-refractivity contribution in [2.45, 2.75) is 65.5 Å². The summed E-state index contributed by atoms with van der Waals surface area (Å²) in [5, 5.41) is 0. The molecule has 1 heterocycles. The number of nitrogens with zero attached hydrogens (tertiary/aromatic N) is 2. The molecule has 1 aliphatic heterocycles. The van der Waals surface area contributed by atoms with Crippen LogP contribution in [0.15, 0.2) is 4.99 Å². The number of amidine groups is 1. The van der Waals surface area contributed by atoms with Gasteiger partial charge >= 0.3 is 0 Å². The van der Waals surface area contributed by atoms with Gasteiger partial charge < -0.3 is 4.90 Å². The van der Waals surface area contributed by atoms with Crippen LogP contribution in [0.3, 0.4) is 0 Å². The van der Waals surface area contributed by atoms with Gasteiger partial charge in [0.25, 0.3) is 0 Å². The topological polar surface area (TPSA) is 15.6 Å². The van der Waals surface area contributed by atoms with Gasteiger partial charge in [-0.05, 0) is 47.5 Å². The van der Waals surface area contributed by atoms with Crippen LogP contribution in [0.4, 0.5) is 0 Å². The lowest BCUT2D eigenvalue weighted by molar-refractivity contribution is 0.308. The number of likely N-dealkylation sites (tertiary alicyclic amines) is 1. The minimum Gasteiger partial charge on any atom is -0.358 e. The first-order valence-corrected chi connectivity index (χ1v) is 5.75. The summed E-state index contributed by atoms with van der Waals surface area (Å²) >= 11 is 0. The zero-order chi connectivity index (χ0) is 10.8. The minimum absolute atomic E-state index is 0.0693. The number of rotatable bonds is 1. The Kier molecular flexibility index (Phi) is 3.57. The van der Waals surface area contributed by atoms with Gasteiger partial charge in [0.1, 0.15) is 0 Å². The van der Waals surface area contributed by atoms with Gasteiger partial charge in [0.2, 0.25) is 0 Å². The Morgan fingerprint density at radius 2 is 1.86 bits per heavy atom. The van der Waals surface area contributed by atoms with Gasteiger partial charge in [0, 0.05) is 19.0 Å². The van der Waals surface area contributed by atoms with E-state index in [0.717, 1.165) is 6.42 Å². The second kappa shape index (κ2) is 4.33. The monoisotopic (exact) mass is 196 g/mol. The van der Waals surface area contributed by atoms with Crippen molar-refractivity contribution in [3.63, 3.8) is 0 Å². The Morgan fingerprint density at radius 1 is 1.21 bits per heavy atom. The van der Waals surface area contributed by atoms with Crippen LogP contribution in [-0.4, -0.2) is 28.9 Å². The van der Waals surface area contributed by atoms with Crippen LogP contribution >= 0.6 is 0 Å². The lowest BCUT2D eigenvalue weighted by Gasteiger charge is -2.35. The summed E-state index contributed by atoms with van der Waals surface area (Å²) in [4.78, 5) is 7.27. The molecule has 0 unspecified atom stereocenters. The molecule has 1 aliphatic rings. The highest BCUT2D eigenvalue weighted by atomic mass is 15.2. The molecule has 0 N–H and O–H groups in total. The van der Waals surface area contributed by atoms with Gasteiger partial charge in [0.05, 0.1) is 11.4 Å². The Balaban J connectivity index is 2.77. The van der Waals surface area contributed by atoms with Gasteiger partial charge in [-0.3, -0.25) is 4.99 Å². The van der Waals surface area contributed by atoms with E-state index in [-0.39, 0.29) is 5.54 Å². The fourth-order valence-electron chi connectivity index (χ4n) is 1.90. The van der Waals surface area contributed by atoms with Crippen molar-refractivity contribution in [2.75, 3.05) is 6.54 Å². The summed E-state index contributed by atoms with van der Waals surface area (Å²) in [5.74, 6) is 1.32. The van der Waals surface area contributed by atoms with E-state index in [0.29, 0.717) is 6.04 Å². The average molecular weight is 196 g/mol. The Morgan fingerprint density at radius 3 is 2.36 bits per heavy atom. The maximum absolute atomic E-state index is 4.81. The first-order chi connectivity index (χ1) is 6.40. The summed E-state index contributed by atoms with van der Waals surface area (Å²) in [6.45, 7) is 12.2. The molecule has 2 heteroatoms. The third kappa shape index (κ3) is 3.32. The second-order valence-corrected chi connectivity index (χ2v) is 5.44. The molecule has 0 saturated carbocycles. The minimum atomic E-state index is 0.0693. The van der Waals surface area contributed by atoms with Gasteiger partial charge in [-0.1, -0.05) is 0 Å². The molecule has 0 radical (unpaired) electrons. The maximum Gasteiger partial charge on any atom is 0.0997 e. The SMILES string of the molecule is CC(C)N1CCCC/C1=N/C(C)(C)C. The second-order valence-electron chi connectivity index (χ2n) is 5.44. The van der Waals surface area contributed by atoms with E-state index < -0.39 is 0 Å². The van der Waals surface area contributed by atoms with Crippen LogP contribution in [0.1, 0.15) is 53.9 Å². The highest BCUT2D eigenvalue weighted by molar-refractivity contribution is 5.83. The van der Waals surface area contributed by atoms with Crippen molar-refractivity contribution in [3.05, 3.63) is 0 Å². The van der Waals surface area contributed by atoms with Crippen LogP contribution in [0, 0.1) is 0 Å². The number of piperidine rings is 1. The zero-order valence-corrected chi connectivity index (χ0v) is 10.3. The average Bonchev–Trinajstić information content (AvgIpc) is 2.01. The molecule has 0 amide bonds. The summed E-state index contributed by atoms with van der Waals surface area (Å²) in [6, 6.07) is 0.594. The van der Waals surface area contributed by atoms with Gasteiger partial charge in [-0.2, -0.15) is 0 Å². The van der Waals surface area contributed by atoms with Crippen molar-refractivity contribution in [1.82, 2.24) is 4.90 Å². The van der Waals surface area contributed by atoms with Crippen LogP contribution in [0.25, 0.3) is 0 Å². The Bertz CT molecular complexity index is 211. The van der Waals surface area contributed by atoms with Crippen LogP contribution in [0.5, 0.6) is 0 Å². The standard InChI is InChI=1S/C12H24N2/c1-10(2)14-9-7-6-8-11(14)13-12(3,4)5/h10H,6-9H2,1-5H3/b13-11-. The zero-order valence-electron chi connectivity index (χ0n) is 10.3. The predicted molar refractivity (Wildman–Crippen MR) is 62.9 cm³/mol. The Labute approximate surface area is 88.4 Å². The van der Waals surface area contributed by atoms with E-state index in [4.69, 9.17) is 4.99 Å². The highest BCUT2D eigenvalue weighted by Crippen LogP contribution is 2.18. The van der Waals surface area contributed by atoms with Crippen molar-refractivity contribution in [2.24, 2.45) is 4.99 Å². The highest BCUT2D eigenvalue weighted by Gasteiger charge is 2.20. The fraction of sp³-hybridized carbons (Fsp3) is 0.917. The molecule has 14 heavy (non-hydrogen) atoms. The van der Waals surface area contributed by atoms with E-state index in [9.17, 15) is 0 Å². The molecule has 0 aromatic carbocycles. The summed E-state index contributed by atoms with van der Waals surface area (Å²) in [5.41, 5.74) is 0.0693. The molecule has 0 bridgehead atoms. The summed E-state index contributed by atoms with van der Waals surface area (Å²) < 4.78 is 0. The molecule has 0 aliphatic carbocycles. The fourth-order valence-corrected chi connectivity index (χ4v) is 1.90. The quantitative estimate of drug-likeness (QED) is 0.629. The molecular weight excluding hydrogens is 172 g/mol. The molecule has 1 fully saturated rings. The lowest BCUT2D eigenvalue weighted by atomic mass is 10.1. The molecule has 0 atom stereocenters. The van der Waals surface area contributed by atoms with Crippen LogP contribution in [-0.2, 0) is 0 Å². The van der Waals surface area contributed by atoms with Crippen molar-refractivity contribution < 1.29 is 0 Å². The maximum atomic E-state index is 4.81. The van der Waals surface area contributed by atoms with E-state index in [1.807, 2.05) is 0 Å². The molecule has 2 nitrogen and oxygen atoms in total. The smallest absolute Gasteiger partial charge is 0.0997 e. The number of aliphatic imine (C=N–C) groups is 1. The normalized spacial score (nSPS) is 22.1. The lowest BCUT2D eigenvalue weighted by Crippen LogP contribution is -2.41. The molecule has 1 rings (SSSR count). The van der Waals surface area contributed by atoms with Gasteiger partial charge in [-0.25, -0.2) is 0 Å². The number of hydrogen-bond acceptors (Lipinski definition) is 1. The largest absolute Gasteiger partial charge is 0.358 e. The van der Waals surface area contributed by atoms with E-state index in [1.54, 1.807) is 0 Å². The van der Waals surface area contributed by atoms with E-state index in [2.05, 4.69) is 39.5 Å². The van der Waals surface area contributed by atoms with Crippen LogP contribution in [0.2, 0.25) is 0 Å². The molecule has 0 aromatic rings. The number of hydrogen-bond donors (Lipinski definition) is 0. The van der Waals surface area contributed by atoms with Crippen molar-refractivity contribution in [3.8, 4) is 0 Å². The summed E-state index contributed by atoms with van der Waals surface area (Å²) in [6.07, 6.45) is 3.79. The molecule has 0 aromatic heterocycles. The molecule has 82 valence electrons. The first-order valence-electron chi connectivity index (χ1n) is 5.75. The van der Waals surface area contributed by atoms with E-state index >= 15 is 0 Å². The summed E-state index contributed by atoms with van der Waals surface area (Å²) in [7, 11) is 0. The molecular formula is C12H24N2. The van der Waals surface area contributed by atoms with Crippen LogP contribution < -0.4 is 0 Å². The predicted octanol–water partition coefficient (Wildman–Crippen LogP) is 3.08. The van der Waals surface area contributed by atoms with E-state index in [1.165, 1.54) is 25.2 Å². The third-order valence-corrected chi connectivity index (χ3v) is 2.47. The molecule has 0 spiro atoms. The molecule has 1 saturated heterocycles. The van der Waals surface area contributed by atoms with Gasteiger partial charge in [-0.15, -0.1) is 0 Å².